The molecule has 0 aliphatic rings. The van der Waals surface area contributed by atoms with E-state index < -0.39 is 0 Å². The number of hydrogen-bond donors (Lipinski definition) is 2. The Labute approximate surface area is 152 Å². The Morgan fingerprint density at radius 2 is 1.71 bits per heavy atom. The number of aryl methyl sites for hydroxylation is 2. The van der Waals surface area contributed by atoms with E-state index in [9.17, 15) is 9.18 Å². The number of carbonyl (C=O) groups is 1. The number of primary amides is 1. The first-order valence-corrected chi connectivity index (χ1v) is 9.05. The van der Waals surface area contributed by atoms with Gasteiger partial charge in [0.15, 0.2) is 0 Å². The number of thiol groups is 1. The zero-order valence-corrected chi connectivity index (χ0v) is 15.8. The highest BCUT2D eigenvalue weighted by atomic mass is 32.2. The monoisotopic (exact) mass is 364 g/mol. The molecule has 2 aromatic rings. The standard InChI is InChI=1S/C9H11NOS.C8H6FN.CH4S/c1-6-3-7(9(10)11)5-8(4-6)12-2;1-6-2-7(5-10)4-8(9)3-6;1-2/h3-5H,1-2H3,(H2,10,11);2-4H,1H3;2H,1H3. The van der Waals surface area contributed by atoms with E-state index in [1.54, 1.807) is 43.1 Å². The Balaban J connectivity index is 0.000000405. The molecule has 1 amide bonds. The lowest BCUT2D eigenvalue weighted by molar-refractivity contribution is 0.1000. The number of amides is 1. The summed E-state index contributed by atoms with van der Waals surface area (Å²) in [6.07, 6.45) is 3.67. The predicted octanol–water partition coefficient (Wildman–Crippen LogP) is 4.37. The van der Waals surface area contributed by atoms with Crippen LogP contribution in [0.2, 0.25) is 0 Å². The second-order valence-electron chi connectivity index (χ2n) is 4.73. The van der Waals surface area contributed by atoms with Crippen LogP contribution in [-0.2, 0) is 0 Å². The first-order valence-electron chi connectivity index (χ1n) is 6.93. The van der Waals surface area contributed by atoms with Gasteiger partial charge in [-0.05, 0) is 73.9 Å². The number of benzene rings is 2. The molecule has 0 heterocycles. The van der Waals surface area contributed by atoms with Crippen molar-refractivity contribution in [3.63, 3.8) is 0 Å². The largest absolute Gasteiger partial charge is 0.366 e. The lowest BCUT2D eigenvalue weighted by atomic mass is 10.1. The zero-order chi connectivity index (χ0) is 18.7. The third kappa shape index (κ3) is 8.04. The molecule has 0 bridgehead atoms. The highest BCUT2D eigenvalue weighted by Gasteiger charge is 2.02. The number of nitriles is 1. The molecule has 0 fully saturated rings. The Bertz CT molecular complexity index is 707. The average molecular weight is 365 g/mol. The highest BCUT2D eigenvalue weighted by molar-refractivity contribution is 7.98. The van der Waals surface area contributed by atoms with Crippen molar-refractivity contribution in [2.24, 2.45) is 5.73 Å². The van der Waals surface area contributed by atoms with Crippen LogP contribution < -0.4 is 5.73 Å². The molecule has 0 aromatic heterocycles. The number of nitrogens with two attached hydrogens (primary N) is 1. The van der Waals surface area contributed by atoms with Crippen LogP contribution in [-0.4, -0.2) is 18.4 Å². The maximum Gasteiger partial charge on any atom is 0.248 e. The molecular formula is C18H21FN2OS2. The van der Waals surface area contributed by atoms with Gasteiger partial charge in [0, 0.05) is 10.5 Å². The quantitative estimate of drug-likeness (QED) is 0.614. The van der Waals surface area contributed by atoms with Gasteiger partial charge in [0.25, 0.3) is 0 Å². The van der Waals surface area contributed by atoms with E-state index in [0.717, 1.165) is 16.0 Å². The minimum Gasteiger partial charge on any atom is -0.366 e. The van der Waals surface area contributed by atoms with E-state index in [2.05, 4.69) is 12.6 Å². The Hall–Kier alpha value is -1.97. The topological polar surface area (TPSA) is 66.9 Å². The van der Waals surface area contributed by atoms with Crippen LogP contribution in [0.1, 0.15) is 27.0 Å². The molecule has 128 valence electrons. The van der Waals surface area contributed by atoms with Gasteiger partial charge in [-0.25, -0.2) is 4.39 Å². The van der Waals surface area contributed by atoms with Crippen LogP contribution in [0.25, 0.3) is 0 Å². The molecule has 0 saturated heterocycles. The van der Waals surface area contributed by atoms with E-state index in [-0.39, 0.29) is 11.7 Å². The second kappa shape index (κ2) is 11.5. The minimum atomic E-state index is -0.367. The summed E-state index contributed by atoms with van der Waals surface area (Å²) in [6, 6.07) is 11.7. The molecule has 24 heavy (non-hydrogen) atoms. The summed E-state index contributed by atoms with van der Waals surface area (Å²) >= 11 is 5.13. The van der Waals surface area contributed by atoms with Crippen molar-refractivity contribution in [3.05, 3.63) is 64.5 Å². The van der Waals surface area contributed by atoms with Crippen molar-refractivity contribution in [1.29, 1.82) is 5.26 Å². The summed E-state index contributed by atoms with van der Waals surface area (Å²) in [5, 5.41) is 8.37. The summed E-state index contributed by atoms with van der Waals surface area (Å²) in [5.74, 6) is -0.717. The van der Waals surface area contributed by atoms with Crippen molar-refractivity contribution in [3.8, 4) is 6.07 Å². The number of thioether (sulfide) groups is 1. The fourth-order valence-electron chi connectivity index (χ4n) is 1.81. The van der Waals surface area contributed by atoms with Crippen LogP contribution in [0.4, 0.5) is 4.39 Å². The SMILES string of the molecule is CS.CSc1cc(C)cc(C(N)=O)c1.Cc1cc(F)cc(C#N)c1. The Morgan fingerprint density at radius 3 is 2.17 bits per heavy atom. The first kappa shape index (κ1) is 22.0. The molecule has 0 radical (unpaired) electrons. The fourth-order valence-corrected chi connectivity index (χ4v) is 2.36. The van der Waals surface area contributed by atoms with Crippen molar-refractivity contribution >= 4 is 30.3 Å². The summed E-state index contributed by atoms with van der Waals surface area (Å²) in [4.78, 5) is 11.9. The fraction of sp³-hybridized carbons (Fsp3) is 0.222. The summed E-state index contributed by atoms with van der Waals surface area (Å²) in [7, 11) is 0. The summed E-state index contributed by atoms with van der Waals surface area (Å²) < 4.78 is 12.5. The molecule has 0 spiro atoms. The maximum atomic E-state index is 12.5. The summed E-state index contributed by atoms with van der Waals surface area (Å²) in [6.45, 7) is 3.70. The van der Waals surface area contributed by atoms with Gasteiger partial charge in [-0.15, -0.1) is 11.8 Å². The van der Waals surface area contributed by atoms with Gasteiger partial charge in [0.05, 0.1) is 11.6 Å². The third-order valence-corrected chi connectivity index (χ3v) is 3.45. The van der Waals surface area contributed by atoms with E-state index in [1.165, 1.54) is 12.1 Å². The predicted molar refractivity (Wildman–Crippen MR) is 102 cm³/mol. The normalized spacial score (nSPS) is 8.88. The molecular weight excluding hydrogens is 343 g/mol. The number of hydrogen-bond acceptors (Lipinski definition) is 4. The maximum absolute atomic E-state index is 12.5. The molecule has 0 aliphatic heterocycles. The van der Waals surface area contributed by atoms with Crippen molar-refractivity contribution in [2.75, 3.05) is 12.5 Å². The van der Waals surface area contributed by atoms with Gasteiger partial charge >= 0.3 is 0 Å². The molecule has 0 aliphatic carbocycles. The second-order valence-corrected chi connectivity index (χ2v) is 5.61. The number of nitrogens with zero attached hydrogens (tertiary/aromatic N) is 1. The first-order chi connectivity index (χ1) is 11.3. The number of halogens is 1. The van der Waals surface area contributed by atoms with Crippen LogP contribution >= 0.6 is 24.4 Å². The molecule has 0 atom stereocenters. The van der Waals surface area contributed by atoms with Crippen LogP contribution in [0.3, 0.4) is 0 Å². The van der Waals surface area contributed by atoms with Crippen LogP contribution in [0, 0.1) is 31.0 Å². The lowest BCUT2D eigenvalue weighted by Gasteiger charge is -2.01. The van der Waals surface area contributed by atoms with E-state index >= 15 is 0 Å². The molecule has 2 N–H and O–H groups in total. The van der Waals surface area contributed by atoms with E-state index in [1.807, 2.05) is 25.3 Å². The molecule has 6 heteroatoms. The third-order valence-electron chi connectivity index (χ3n) is 2.74. The molecule has 0 unspecified atom stereocenters. The summed E-state index contributed by atoms with van der Waals surface area (Å²) in [5.41, 5.74) is 7.95. The van der Waals surface area contributed by atoms with Gasteiger partial charge in [0.2, 0.25) is 5.91 Å². The molecule has 3 nitrogen and oxygen atoms in total. The Kier molecular flexibility index (Phi) is 10.6. The van der Waals surface area contributed by atoms with Crippen molar-refractivity contribution in [2.45, 2.75) is 18.7 Å². The molecule has 2 aromatic carbocycles. The van der Waals surface area contributed by atoms with E-state index in [0.29, 0.717) is 11.1 Å². The minimum absolute atomic E-state index is 0.350. The van der Waals surface area contributed by atoms with E-state index in [4.69, 9.17) is 11.0 Å². The smallest absolute Gasteiger partial charge is 0.248 e. The van der Waals surface area contributed by atoms with Gasteiger partial charge in [-0.1, -0.05) is 0 Å². The van der Waals surface area contributed by atoms with Gasteiger partial charge in [-0.3, -0.25) is 4.79 Å². The van der Waals surface area contributed by atoms with Gasteiger partial charge < -0.3 is 5.73 Å². The number of carbonyl (C=O) groups excluding carboxylic acids is 1. The molecule has 0 saturated carbocycles. The number of rotatable bonds is 2. The lowest BCUT2D eigenvalue weighted by Crippen LogP contribution is -2.10. The Morgan fingerprint density at radius 1 is 1.12 bits per heavy atom. The van der Waals surface area contributed by atoms with Gasteiger partial charge in [0.1, 0.15) is 5.82 Å². The zero-order valence-electron chi connectivity index (χ0n) is 14.1. The van der Waals surface area contributed by atoms with Crippen LogP contribution in [0.15, 0.2) is 41.3 Å². The average Bonchev–Trinajstić information content (AvgIpc) is 2.55. The highest BCUT2D eigenvalue weighted by Crippen LogP contribution is 2.18. The van der Waals surface area contributed by atoms with Crippen molar-refractivity contribution < 1.29 is 9.18 Å². The molecule has 2 rings (SSSR count). The van der Waals surface area contributed by atoms with Crippen molar-refractivity contribution in [1.82, 2.24) is 0 Å². The van der Waals surface area contributed by atoms with Gasteiger partial charge in [-0.2, -0.15) is 17.9 Å². The van der Waals surface area contributed by atoms with Crippen LogP contribution in [0.5, 0.6) is 0 Å².